The number of carbonyl (C=O) groups is 1. The summed E-state index contributed by atoms with van der Waals surface area (Å²) in [6.07, 6.45) is 7.41. The molecule has 168 valence electrons. The summed E-state index contributed by atoms with van der Waals surface area (Å²) in [7, 11) is 0.410. The van der Waals surface area contributed by atoms with E-state index in [0.717, 1.165) is 60.4 Å². The molecule has 0 unspecified atom stereocenters. The van der Waals surface area contributed by atoms with E-state index in [1.165, 1.54) is 3.97 Å². The largest absolute Gasteiger partial charge is 0.483 e. The van der Waals surface area contributed by atoms with Gasteiger partial charge >= 0.3 is 0 Å². The lowest BCUT2D eigenvalue weighted by Crippen LogP contribution is -2.23. The number of benzene rings is 1. The Bertz CT molecular complexity index is 1300. The van der Waals surface area contributed by atoms with Crippen LogP contribution in [0.4, 0.5) is 5.69 Å². The Morgan fingerprint density at radius 2 is 1.91 bits per heavy atom. The van der Waals surface area contributed by atoms with E-state index >= 15 is 0 Å². The van der Waals surface area contributed by atoms with Crippen LogP contribution in [0.3, 0.4) is 0 Å². The number of hydrogen-bond donors (Lipinski definition) is 1. The predicted molar refractivity (Wildman–Crippen MR) is 125 cm³/mol. The number of anilines is 1. The lowest BCUT2D eigenvalue weighted by Gasteiger charge is -2.21. The number of likely N-dealkylation sites (N-methyl/N-ethyl adjacent to an activating group) is 2. The second-order valence-corrected chi connectivity index (χ2v) is 9.84. The lowest BCUT2D eigenvalue weighted by molar-refractivity contribution is -0.122. The average molecular weight is 455 g/mol. The summed E-state index contributed by atoms with van der Waals surface area (Å²) < 4.78 is 28.5. The second-order valence-electron chi connectivity index (χ2n) is 8.02. The first kappa shape index (κ1) is 22.0. The van der Waals surface area contributed by atoms with E-state index in [4.69, 9.17) is 9.90 Å². The minimum absolute atomic E-state index is 0.250. The number of hydrogen-bond acceptors (Lipinski definition) is 6. The summed E-state index contributed by atoms with van der Waals surface area (Å²) in [5.74, 6) is 0. The maximum Gasteiger partial charge on any atom is 0.290 e. The molecule has 0 atom stereocenters. The molecule has 32 heavy (non-hydrogen) atoms. The highest BCUT2D eigenvalue weighted by Gasteiger charge is 2.26. The highest BCUT2D eigenvalue weighted by Crippen LogP contribution is 2.34. The predicted octanol–water partition coefficient (Wildman–Crippen LogP) is 2.69. The zero-order valence-corrected chi connectivity index (χ0v) is 18.9. The van der Waals surface area contributed by atoms with Gasteiger partial charge in [-0.25, -0.2) is 12.4 Å². The van der Waals surface area contributed by atoms with Gasteiger partial charge in [0.2, 0.25) is 0 Å². The van der Waals surface area contributed by atoms with E-state index in [0.29, 0.717) is 10.4 Å². The van der Waals surface area contributed by atoms with Gasteiger partial charge in [-0.2, -0.15) is 0 Å². The lowest BCUT2D eigenvalue weighted by atomic mass is 10.0. The Morgan fingerprint density at radius 3 is 2.62 bits per heavy atom. The number of fused-ring (bicyclic) bond motifs is 2. The number of aromatic nitrogens is 2. The van der Waals surface area contributed by atoms with Crippen molar-refractivity contribution in [2.75, 3.05) is 38.6 Å². The van der Waals surface area contributed by atoms with Gasteiger partial charge in [-0.15, -0.1) is 0 Å². The van der Waals surface area contributed by atoms with Crippen LogP contribution >= 0.6 is 0 Å². The quantitative estimate of drug-likeness (QED) is 0.608. The molecule has 0 saturated heterocycles. The third-order valence-electron chi connectivity index (χ3n) is 6.02. The third kappa shape index (κ3) is 3.89. The molecule has 1 N–H and O–H groups in total. The maximum atomic E-state index is 13.6. The number of pyridine rings is 1. The average Bonchev–Trinajstić information content (AvgIpc) is 3.36. The molecule has 1 aromatic carbocycles. The number of nitrogens with zero attached hydrogens (tertiary/aromatic N) is 4. The van der Waals surface area contributed by atoms with Crippen molar-refractivity contribution in [1.29, 1.82) is 0 Å². The Kier molecular flexibility index (Phi) is 6.03. The van der Waals surface area contributed by atoms with Gasteiger partial charge in [-0.3, -0.25) is 9.78 Å². The molecule has 0 saturated carbocycles. The minimum Gasteiger partial charge on any atom is -0.483 e. The summed E-state index contributed by atoms with van der Waals surface area (Å²) in [5, 5.41) is 6.89. The topological polar surface area (TPSA) is 95.7 Å². The molecule has 2 aliphatic rings. The fourth-order valence-electron chi connectivity index (χ4n) is 4.30. The first-order valence-corrected chi connectivity index (χ1v) is 11.8. The van der Waals surface area contributed by atoms with Crippen LogP contribution in [0.25, 0.3) is 16.6 Å². The minimum atomic E-state index is -3.71. The molecular formula is C23H26N4O4S. The first-order valence-electron chi connectivity index (χ1n) is 10.4. The van der Waals surface area contributed by atoms with E-state index in [2.05, 4.69) is 27.9 Å². The van der Waals surface area contributed by atoms with Crippen LogP contribution in [-0.2, 0) is 21.2 Å². The van der Waals surface area contributed by atoms with Crippen molar-refractivity contribution in [2.45, 2.75) is 17.7 Å². The van der Waals surface area contributed by atoms with E-state index in [1.807, 2.05) is 25.2 Å². The molecular weight excluding hydrogens is 428 g/mol. The number of carboxylic acid groups (broad SMARTS) is 1. The first-order chi connectivity index (χ1) is 15.4. The molecule has 9 heteroatoms. The monoisotopic (exact) mass is 454 g/mol. The van der Waals surface area contributed by atoms with Crippen molar-refractivity contribution in [3.63, 3.8) is 0 Å². The van der Waals surface area contributed by atoms with Gasteiger partial charge in [-0.05, 0) is 61.4 Å². The van der Waals surface area contributed by atoms with Crippen LogP contribution in [0.2, 0.25) is 0 Å². The smallest absolute Gasteiger partial charge is 0.290 e. The molecule has 0 bridgehead atoms. The molecule has 2 aromatic heterocycles. The summed E-state index contributed by atoms with van der Waals surface area (Å²) in [6, 6.07) is 9.08. The molecule has 4 heterocycles. The van der Waals surface area contributed by atoms with Crippen molar-refractivity contribution in [3.8, 4) is 0 Å². The molecule has 8 nitrogen and oxygen atoms in total. The van der Waals surface area contributed by atoms with Gasteiger partial charge in [-0.1, -0.05) is 6.08 Å². The van der Waals surface area contributed by atoms with Crippen molar-refractivity contribution in [1.82, 2.24) is 13.9 Å². The molecule has 0 amide bonds. The Hall–Kier alpha value is -3.17. The Balaban J connectivity index is 0.000000775. The van der Waals surface area contributed by atoms with Crippen molar-refractivity contribution >= 4 is 38.8 Å². The van der Waals surface area contributed by atoms with Gasteiger partial charge in [0.05, 0.1) is 15.9 Å². The van der Waals surface area contributed by atoms with Crippen molar-refractivity contribution in [2.24, 2.45) is 0 Å². The van der Waals surface area contributed by atoms with Crippen LogP contribution in [0.15, 0.2) is 53.7 Å². The summed E-state index contributed by atoms with van der Waals surface area (Å²) in [6.45, 7) is 2.48. The zero-order chi connectivity index (χ0) is 22.9. The second kappa shape index (κ2) is 8.76. The molecule has 0 spiro atoms. The standard InChI is InChI=1S/C22H24N4O2S.CH2O2/c1-24-11-7-16(8-12-24)19-15-26(21-4-3-10-23-22(19)21)29(27,28)18-5-6-20-17(14-18)9-13-25(20)2;2-1-3/h3-7,10,14-15H,8-9,11-13H2,1-2H3;1H,(H,2,3). The van der Waals surface area contributed by atoms with Gasteiger partial charge in [0, 0.05) is 50.3 Å². The highest BCUT2D eigenvalue weighted by atomic mass is 32.2. The van der Waals surface area contributed by atoms with Gasteiger partial charge < -0.3 is 14.9 Å². The summed E-state index contributed by atoms with van der Waals surface area (Å²) >= 11 is 0. The SMILES string of the molecule is CN1CC=C(c2cn(S(=O)(=O)c3ccc4c(c3)CCN4C)c3cccnc23)CC1.O=CO. The van der Waals surface area contributed by atoms with Gasteiger partial charge in [0.15, 0.2) is 0 Å². The van der Waals surface area contributed by atoms with Crippen molar-refractivity contribution in [3.05, 3.63) is 59.9 Å². The van der Waals surface area contributed by atoms with Crippen LogP contribution in [0.1, 0.15) is 17.5 Å². The Labute approximate surface area is 187 Å². The summed E-state index contributed by atoms with van der Waals surface area (Å²) in [4.78, 5) is 17.6. The van der Waals surface area contributed by atoms with Gasteiger partial charge in [0.25, 0.3) is 16.5 Å². The fraction of sp³-hybridized carbons (Fsp3) is 0.304. The molecule has 3 aromatic rings. The fourth-order valence-corrected chi connectivity index (χ4v) is 5.71. The van der Waals surface area contributed by atoms with E-state index in [-0.39, 0.29) is 6.47 Å². The molecule has 2 aliphatic heterocycles. The van der Waals surface area contributed by atoms with E-state index < -0.39 is 10.0 Å². The summed E-state index contributed by atoms with van der Waals surface area (Å²) in [5.41, 5.74) is 5.64. The van der Waals surface area contributed by atoms with Gasteiger partial charge in [0.1, 0.15) is 0 Å². The third-order valence-corrected chi connectivity index (χ3v) is 7.69. The highest BCUT2D eigenvalue weighted by molar-refractivity contribution is 7.90. The molecule has 0 radical (unpaired) electrons. The van der Waals surface area contributed by atoms with Crippen LogP contribution < -0.4 is 4.90 Å². The number of rotatable bonds is 3. The molecule has 5 rings (SSSR count). The molecule has 0 aliphatic carbocycles. The van der Waals surface area contributed by atoms with Crippen LogP contribution in [-0.4, -0.2) is 67.6 Å². The normalized spacial score (nSPS) is 16.3. The maximum absolute atomic E-state index is 13.6. The van der Waals surface area contributed by atoms with E-state index in [1.54, 1.807) is 24.5 Å². The van der Waals surface area contributed by atoms with E-state index in [9.17, 15) is 8.42 Å². The van der Waals surface area contributed by atoms with Crippen molar-refractivity contribution < 1.29 is 18.3 Å². The van der Waals surface area contributed by atoms with Crippen LogP contribution in [0.5, 0.6) is 0 Å². The Morgan fingerprint density at radius 1 is 1.12 bits per heavy atom. The van der Waals surface area contributed by atoms with Crippen LogP contribution in [0, 0.1) is 0 Å². The zero-order valence-electron chi connectivity index (χ0n) is 18.1. The molecule has 0 fully saturated rings.